The smallest absolute Gasteiger partial charge is 0.261 e. The Morgan fingerprint density at radius 1 is 0.919 bits per heavy atom. The van der Waals surface area contributed by atoms with Crippen LogP contribution in [-0.2, 0) is 26.1 Å². The fraction of sp³-hybridized carbons (Fsp3) is 0.357. The summed E-state index contributed by atoms with van der Waals surface area (Å²) in [4.78, 5) is 2.41. The van der Waals surface area contributed by atoms with Crippen molar-refractivity contribution >= 4 is 15.7 Å². The molecule has 2 aliphatic rings. The van der Waals surface area contributed by atoms with Crippen LogP contribution < -0.4 is 4.72 Å². The van der Waals surface area contributed by atoms with Crippen LogP contribution in [0.1, 0.15) is 41.9 Å². The number of benzene rings is 3. The van der Waals surface area contributed by atoms with Crippen LogP contribution in [0.5, 0.6) is 0 Å². The summed E-state index contributed by atoms with van der Waals surface area (Å²) in [7, 11) is -3.68. The second-order valence-electron chi connectivity index (χ2n) is 9.59. The molecule has 2 fully saturated rings. The van der Waals surface area contributed by atoms with Gasteiger partial charge in [-0.15, -0.1) is 0 Å². The van der Waals surface area contributed by atoms with Crippen LogP contribution in [0.4, 0.5) is 5.69 Å². The van der Waals surface area contributed by atoms with Gasteiger partial charge in [0.05, 0.1) is 29.8 Å². The largest absolute Gasteiger partial charge is 0.392 e. The Hall–Kier alpha value is -2.79. The van der Waals surface area contributed by atoms with E-state index in [0.29, 0.717) is 25.2 Å². The number of hydrogen-bond acceptors (Lipinski definition) is 7. The zero-order valence-electron chi connectivity index (χ0n) is 20.4. The summed E-state index contributed by atoms with van der Waals surface area (Å²) in [5, 5.41) is 19.3. The number of aliphatic hydroxyl groups is 2. The Balaban J connectivity index is 1.33. The van der Waals surface area contributed by atoms with Gasteiger partial charge in [-0.2, -0.15) is 0 Å². The number of anilines is 1. The maximum absolute atomic E-state index is 12.7. The number of β-amino-alcohol motifs (C(OH)–C–C–N with tert-alkyl or cyclic N) is 1. The van der Waals surface area contributed by atoms with Gasteiger partial charge in [0.1, 0.15) is 0 Å². The number of nitrogens with one attached hydrogen (secondary N) is 1. The molecule has 0 unspecified atom stereocenters. The maximum atomic E-state index is 12.7. The standard InChI is InChI=1S/C28H32N2O6S/c31-19-20-6-8-21(9-7-20)27-16-25(18-30-15-14-24(32)17-30)35-28(36-27)22-10-12-23(13-11-22)29-37(33,34)26-4-2-1-3-5-26/h1-13,24-25,27-29,31-32H,14-19H2/t24-,25+,27-,28-/m0/s1. The van der Waals surface area contributed by atoms with E-state index < -0.39 is 16.3 Å². The fourth-order valence-electron chi connectivity index (χ4n) is 4.82. The predicted octanol–water partition coefficient (Wildman–Crippen LogP) is 3.59. The Morgan fingerprint density at radius 3 is 2.27 bits per heavy atom. The van der Waals surface area contributed by atoms with E-state index in [-0.39, 0.29) is 29.8 Å². The van der Waals surface area contributed by atoms with Crippen molar-refractivity contribution in [2.24, 2.45) is 0 Å². The molecule has 4 atom stereocenters. The molecule has 0 saturated carbocycles. The van der Waals surface area contributed by atoms with E-state index >= 15 is 0 Å². The van der Waals surface area contributed by atoms with Crippen LogP contribution in [0.15, 0.2) is 83.8 Å². The van der Waals surface area contributed by atoms with Gasteiger partial charge in [-0.25, -0.2) is 8.42 Å². The van der Waals surface area contributed by atoms with Gasteiger partial charge in [-0.05, 0) is 41.8 Å². The molecule has 196 valence electrons. The van der Waals surface area contributed by atoms with Crippen molar-refractivity contribution in [3.63, 3.8) is 0 Å². The summed E-state index contributed by atoms with van der Waals surface area (Å²) in [5.41, 5.74) is 3.07. The lowest BCUT2D eigenvalue weighted by Gasteiger charge is -2.37. The third-order valence-electron chi connectivity index (χ3n) is 6.81. The Bertz CT molecular complexity index is 1270. The van der Waals surface area contributed by atoms with Crippen molar-refractivity contribution < 1.29 is 28.1 Å². The summed E-state index contributed by atoms with van der Waals surface area (Å²) in [5.74, 6) is 0. The van der Waals surface area contributed by atoms with Gasteiger partial charge >= 0.3 is 0 Å². The summed E-state index contributed by atoms with van der Waals surface area (Å²) >= 11 is 0. The quantitative estimate of drug-likeness (QED) is 0.413. The van der Waals surface area contributed by atoms with Crippen LogP contribution in [0, 0.1) is 0 Å². The number of likely N-dealkylation sites (tertiary alicyclic amines) is 1. The lowest BCUT2D eigenvalue weighted by molar-refractivity contribution is -0.252. The van der Waals surface area contributed by atoms with Crippen molar-refractivity contribution in [1.82, 2.24) is 4.90 Å². The molecule has 3 N–H and O–H groups in total. The highest BCUT2D eigenvalue weighted by Gasteiger charge is 2.34. The SMILES string of the molecule is O=S(=O)(Nc1ccc([C@H]2O[C@@H](CN3CC[C@H](O)C3)C[C@@H](c3ccc(CO)cc3)O2)cc1)c1ccccc1. The molecule has 8 nitrogen and oxygen atoms in total. The van der Waals surface area contributed by atoms with E-state index in [2.05, 4.69) is 9.62 Å². The highest BCUT2D eigenvalue weighted by atomic mass is 32.2. The molecule has 3 aromatic rings. The number of rotatable bonds is 8. The van der Waals surface area contributed by atoms with Gasteiger partial charge < -0.3 is 19.7 Å². The first-order valence-electron chi connectivity index (χ1n) is 12.5. The number of aliphatic hydroxyl groups excluding tert-OH is 2. The van der Waals surface area contributed by atoms with E-state index in [9.17, 15) is 18.6 Å². The topological polar surface area (TPSA) is 108 Å². The zero-order chi connectivity index (χ0) is 25.8. The van der Waals surface area contributed by atoms with Crippen LogP contribution >= 0.6 is 0 Å². The average Bonchev–Trinajstić information content (AvgIpc) is 3.33. The first-order chi connectivity index (χ1) is 17.9. The summed E-state index contributed by atoms with van der Waals surface area (Å²) < 4.78 is 40.7. The highest BCUT2D eigenvalue weighted by Crippen LogP contribution is 2.38. The molecule has 2 aliphatic heterocycles. The molecule has 9 heteroatoms. The molecule has 0 spiro atoms. The number of ether oxygens (including phenoxy) is 2. The second-order valence-corrected chi connectivity index (χ2v) is 11.3. The van der Waals surface area contributed by atoms with Crippen molar-refractivity contribution in [3.05, 3.63) is 95.6 Å². The average molecular weight is 525 g/mol. The highest BCUT2D eigenvalue weighted by molar-refractivity contribution is 7.92. The fourth-order valence-corrected chi connectivity index (χ4v) is 5.90. The van der Waals surface area contributed by atoms with Crippen molar-refractivity contribution in [2.75, 3.05) is 24.4 Å². The maximum Gasteiger partial charge on any atom is 0.261 e. The van der Waals surface area contributed by atoms with E-state index in [1.54, 1.807) is 54.6 Å². The molecule has 5 rings (SSSR count). The van der Waals surface area contributed by atoms with Crippen LogP contribution in [0.25, 0.3) is 0 Å². The number of nitrogens with zero attached hydrogens (tertiary/aromatic N) is 1. The third-order valence-corrected chi connectivity index (χ3v) is 8.21. The molecular weight excluding hydrogens is 492 g/mol. The van der Waals surface area contributed by atoms with Crippen molar-refractivity contribution in [3.8, 4) is 0 Å². The predicted molar refractivity (Wildman–Crippen MR) is 139 cm³/mol. The number of hydrogen-bond donors (Lipinski definition) is 3. The molecular formula is C28H32N2O6S. The van der Waals surface area contributed by atoms with Crippen molar-refractivity contribution in [2.45, 2.75) is 48.9 Å². The first kappa shape index (κ1) is 25.8. The molecule has 0 bridgehead atoms. The Labute approximate surface area is 217 Å². The molecule has 0 amide bonds. The molecule has 3 aromatic carbocycles. The third kappa shape index (κ3) is 6.38. The summed E-state index contributed by atoms with van der Waals surface area (Å²) in [6, 6.07) is 23.0. The van der Waals surface area contributed by atoms with E-state index in [1.165, 1.54) is 0 Å². The minimum Gasteiger partial charge on any atom is -0.392 e. The lowest BCUT2D eigenvalue weighted by atomic mass is 10.00. The minimum absolute atomic E-state index is 0.0160. The van der Waals surface area contributed by atoms with Crippen molar-refractivity contribution in [1.29, 1.82) is 0 Å². The second kappa shape index (κ2) is 11.3. The summed E-state index contributed by atoms with van der Waals surface area (Å²) in [6.07, 6.45) is 0.177. The Morgan fingerprint density at radius 2 is 1.62 bits per heavy atom. The van der Waals surface area contributed by atoms with Crippen LogP contribution in [0.3, 0.4) is 0 Å². The first-order valence-corrected chi connectivity index (χ1v) is 14.0. The molecule has 0 radical (unpaired) electrons. The molecule has 2 saturated heterocycles. The van der Waals surface area contributed by atoms with E-state index in [1.807, 2.05) is 24.3 Å². The normalized spacial score (nSPS) is 24.7. The van der Waals surface area contributed by atoms with Gasteiger partial charge in [0.25, 0.3) is 10.0 Å². The molecule has 2 heterocycles. The summed E-state index contributed by atoms with van der Waals surface area (Å²) in [6.45, 7) is 2.14. The zero-order valence-corrected chi connectivity index (χ0v) is 21.3. The monoisotopic (exact) mass is 524 g/mol. The minimum atomic E-state index is -3.68. The van der Waals surface area contributed by atoms with E-state index in [0.717, 1.165) is 29.7 Å². The van der Waals surface area contributed by atoms with Crippen LogP contribution in [0.2, 0.25) is 0 Å². The van der Waals surface area contributed by atoms with Crippen LogP contribution in [-0.4, -0.2) is 55.4 Å². The Kier molecular flexibility index (Phi) is 7.89. The van der Waals surface area contributed by atoms with Gasteiger partial charge in [-0.3, -0.25) is 9.62 Å². The lowest BCUT2D eigenvalue weighted by Crippen LogP contribution is -2.38. The van der Waals surface area contributed by atoms with Gasteiger partial charge in [0.15, 0.2) is 6.29 Å². The molecule has 37 heavy (non-hydrogen) atoms. The molecule has 0 aromatic heterocycles. The number of sulfonamides is 1. The molecule has 0 aliphatic carbocycles. The van der Waals surface area contributed by atoms with Gasteiger partial charge in [-0.1, -0.05) is 54.6 Å². The van der Waals surface area contributed by atoms with Gasteiger partial charge in [0, 0.05) is 37.3 Å². The van der Waals surface area contributed by atoms with E-state index in [4.69, 9.17) is 9.47 Å². The van der Waals surface area contributed by atoms with Gasteiger partial charge in [0.2, 0.25) is 0 Å².